The molecule has 0 saturated carbocycles. The Labute approximate surface area is 47.0 Å². The van der Waals surface area contributed by atoms with Crippen molar-refractivity contribution in [3.8, 4) is 0 Å². The van der Waals surface area contributed by atoms with Crippen molar-refractivity contribution in [2.24, 2.45) is 0 Å². The maximum Gasteiger partial charge on any atom is 0.0767 e. The Balaban J connectivity index is 3.60. The summed E-state index contributed by atoms with van der Waals surface area (Å²) in [6.07, 6.45) is 1.30. The van der Waals surface area contributed by atoms with Gasteiger partial charge in [0.05, 0.1) is 4.20 Å². The molecule has 3 heteroatoms. The Morgan fingerprint density at radius 3 is 2.50 bits per heavy atom. The summed E-state index contributed by atoms with van der Waals surface area (Å²) in [6, 6.07) is 0. The van der Waals surface area contributed by atoms with Crippen molar-refractivity contribution in [1.82, 2.24) is 0 Å². The molecule has 1 nitrogen and oxygen atoms in total. The van der Waals surface area contributed by atoms with Gasteiger partial charge in [0, 0.05) is 6.08 Å². The lowest BCUT2D eigenvalue weighted by molar-refractivity contribution is 1.60. The predicted molar refractivity (Wildman–Crippen MR) is 33.9 cm³/mol. The van der Waals surface area contributed by atoms with Crippen LogP contribution in [0.2, 0.25) is 0 Å². The highest BCUT2D eigenvalue weighted by Crippen LogP contribution is 1.79. The number of thiocarbonyl (C=S) groups is 1. The summed E-state index contributed by atoms with van der Waals surface area (Å²) in [7, 11) is 0. The van der Waals surface area contributed by atoms with Crippen LogP contribution in [-0.4, -0.2) is 10.1 Å². The van der Waals surface area contributed by atoms with E-state index >= 15 is 0 Å². The lowest BCUT2D eigenvalue weighted by Crippen LogP contribution is -1.66. The van der Waals surface area contributed by atoms with Gasteiger partial charge in [-0.3, -0.25) is 5.41 Å². The van der Waals surface area contributed by atoms with Gasteiger partial charge in [0.2, 0.25) is 0 Å². The lowest BCUT2D eigenvalue weighted by Gasteiger charge is -1.66. The van der Waals surface area contributed by atoms with Crippen LogP contribution in [0.3, 0.4) is 0 Å². The van der Waals surface area contributed by atoms with E-state index in [4.69, 9.17) is 5.41 Å². The molecule has 0 aromatic heterocycles. The van der Waals surface area contributed by atoms with Crippen LogP contribution in [0.4, 0.5) is 0 Å². The fraction of sp³-hybridized carbons (Fsp3) is 0. The third-order valence-electron chi connectivity index (χ3n) is 0.196. The zero-order chi connectivity index (χ0) is 4.99. The molecule has 6 heavy (non-hydrogen) atoms. The molecular weight excluding hydrogens is 114 g/mol. The van der Waals surface area contributed by atoms with Gasteiger partial charge in [-0.15, -0.1) is 12.6 Å². The summed E-state index contributed by atoms with van der Waals surface area (Å²) in [5.41, 5.74) is 0. The monoisotopic (exact) mass is 117 g/mol. The molecule has 0 rings (SSSR count). The first-order valence-electron chi connectivity index (χ1n) is 1.26. The van der Waals surface area contributed by atoms with Gasteiger partial charge < -0.3 is 0 Å². The van der Waals surface area contributed by atoms with Crippen molar-refractivity contribution in [2.75, 3.05) is 0 Å². The summed E-state index contributed by atoms with van der Waals surface area (Å²) in [5, 5.41) is 6.29. The third kappa shape index (κ3) is 3.89. The van der Waals surface area contributed by atoms with Crippen LogP contribution in [0, 0.1) is 5.41 Å². The molecule has 0 amide bonds. The predicted octanol–water partition coefficient (Wildman–Crippen LogP) is 1.05. The first-order valence-corrected chi connectivity index (χ1v) is 2.11. The van der Waals surface area contributed by atoms with Crippen LogP contribution >= 0.6 is 24.8 Å². The molecule has 0 aromatic carbocycles. The highest BCUT2D eigenvalue weighted by molar-refractivity contribution is 8.11. The van der Waals surface area contributed by atoms with Gasteiger partial charge in [0.15, 0.2) is 0 Å². The van der Waals surface area contributed by atoms with Gasteiger partial charge in [-0.25, -0.2) is 0 Å². The molecule has 0 fully saturated rings. The van der Waals surface area contributed by atoms with E-state index < -0.39 is 0 Å². The van der Waals surface area contributed by atoms with E-state index in [0.29, 0.717) is 4.20 Å². The summed E-state index contributed by atoms with van der Waals surface area (Å²) in [5.74, 6) is 1.97. The molecule has 32 valence electrons. The van der Waals surface area contributed by atoms with E-state index in [0.717, 1.165) is 0 Å². The largest absolute Gasteiger partial charge is 0.259 e. The van der Waals surface area contributed by atoms with E-state index in [1.807, 2.05) is 5.87 Å². The normalized spacial score (nSPS) is 6.17. The van der Waals surface area contributed by atoms with Crippen molar-refractivity contribution >= 4 is 34.9 Å². The number of rotatable bonds is 1. The van der Waals surface area contributed by atoms with E-state index in [1.54, 1.807) is 0 Å². The van der Waals surface area contributed by atoms with Crippen LogP contribution in [0.1, 0.15) is 0 Å². The Morgan fingerprint density at radius 1 is 2.00 bits per heavy atom. The standard InChI is InChI=1S/C3H3NS2/c4-2-1-3(5)6/h1,4H,(H,5,6). The fourth-order valence-electron chi connectivity index (χ4n) is 0.0617. The summed E-state index contributed by atoms with van der Waals surface area (Å²) in [4.78, 5) is 0. The van der Waals surface area contributed by atoms with Crippen LogP contribution < -0.4 is 0 Å². The molecule has 0 bridgehead atoms. The smallest absolute Gasteiger partial charge is 0.0767 e. The molecule has 0 aromatic rings. The molecule has 0 aliphatic carbocycles. The van der Waals surface area contributed by atoms with Gasteiger partial charge in [-0.2, -0.15) is 0 Å². The van der Waals surface area contributed by atoms with E-state index in [-0.39, 0.29) is 0 Å². The molecule has 0 aliphatic rings. The van der Waals surface area contributed by atoms with Gasteiger partial charge in [0.25, 0.3) is 0 Å². The SMILES string of the molecule is N=C=CC(=S)S. The average molecular weight is 117 g/mol. The highest BCUT2D eigenvalue weighted by Gasteiger charge is 1.68. The number of hydrogen-bond donors (Lipinski definition) is 2. The second-order valence-corrected chi connectivity index (χ2v) is 1.85. The fourth-order valence-corrected chi connectivity index (χ4v) is 0.185. The molecule has 1 N–H and O–H groups in total. The topological polar surface area (TPSA) is 23.9 Å². The Bertz CT molecular complexity index is 101. The molecule has 0 atom stereocenters. The Kier molecular flexibility index (Phi) is 3.04. The van der Waals surface area contributed by atoms with Crippen LogP contribution in [-0.2, 0) is 0 Å². The molecule has 0 heterocycles. The Hall–Kier alpha value is -0.110. The first kappa shape index (κ1) is 5.89. The number of thiol groups is 1. The minimum Gasteiger partial charge on any atom is -0.259 e. The van der Waals surface area contributed by atoms with Crippen molar-refractivity contribution in [3.63, 3.8) is 0 Å². The quantitative estimate of drug-likeness (QED) is 0.228. The molecule has 0 radical (unpaired) electrons. The van der Waals surface area contributed by atoms with Gasteiger partial charge in [-0.05, 0) is 5.87 Å². The van der Waals surface area contributed by atoms with E-state index in [1.165, 1.54) is 6.08 Å². The minimum atomic E-state index is 0.394. The van der Waals surface area contributed by atoms with Crippen LogP contribution in [0.15, 0.2) is 6.08 Å². The zero-order valence-electron chi connectivity index (χ0n) is 2.93. The van der Waals surface area contributed by atoms with E-state index in [9.17, 15) is 0 Å². The molecular formula is C3H3NS2. The average Bonchev–Trinajstić information content (AvgIpc) is 1.35. The summed E-state index contributed by atoms with van der Waals surface area (Å²) < 4.78 is 0.394. The van der Waals surface area contributed by atoms with Crippen molar-refractivity contribution < 1.29 is 0 Å². The Morgan fingerprint density at radius 2 is 2.50 bits per heavy atom. The van der Waals surface area contributed by atoms with E-state index in [2.05, 4.69) is 24.8 Å². The number of nitrogens with one attached hydrogen (secondary N) is 1. The molecule has 0 saturated heterocycles. The zero-order valence-corrected chi connectivity index (χ0v) is 4.64. The second kappa shape index (κ2) is 3.09. The maximum absolute atomic E-state index is 6.29. The number of hydrogen-bond acceptors (Lipinski definition) is 2. The second-order valence-electron chi connectivity index (χ2n) is 0.627. The van der Waals surface area contributed by atoms with Crippen molar-refractivity contribution in [2.45, 2.75) is 0 Å². The van der Waals surface area contributed by atoms with Crippen molar-refractivity contribution in [3.05, 3.63) is 6.08 Å². The maximum atomic E-state index is 6.29. The molecule has 0 unspecified atom stereocenters. The lowest BCUT2D eigenvalue weighted by atomic mass is 10.7. The highest BCUT2D eigenvalue weighted by atomic mass is 32.1. The molecule has 0 aliphatic heterocycles. The van der Waals surface area contributed by atoms with Gasteiger partial charge in [-0.1, -0.05) is 12.2 Å². The third-order valence-corrected chi connectivity index (χ3v) is 0.443. The molecule has 0 spiro atoms. The summed E-state index contributed by atoms with van der Waals surface area (Å²) in [6.45, 7) is 0. The van der Waals surface area contributed by atoms with Crippen molar-refractivity contribution in [1.29, 1.82) is 5.41 Å². The minimum absolute atomic E-state index is 0.394. The van der Waals surface area contributed by atoms with Crippen LogP contribution in [0.5, 0.6) is 0 Å². The van der Waals surface area contributed by atoms with Gasteiger partial charge >= 0.3 is 0 Å². The van der Waals surface area contributed by atoms with Gasteiger partial charge in [0.1, 0.15) is 0 Å². The summed E-state index contributed by atoms with van der Waals surface area (Å²) >= 11 is 8.09. The van der Waals surface area contributed by atoms with Crippen LogP contribution in [0.25, 0.3) is 0 Å². The first-order chi connectivity index (χ1) is 2.77.